The number of halogens is 1. The van der Waals surface area contributed by atoms with Crippen molar-refractivity contribution in [2.75, 3.05) is 0 Å². The van der Waals surface area contributed by atoms with Crippen molar-refractivity contribution in [3.05, 3.63) is 17.2 Å². The van der Waals surface area contributed by atoms with Crippen molar-refractivity contribution in [3.8, 4) is 5.75 Å². The van der Waals surface area contributed by atoms with E-state index in [1.54, 1.807) is 40.7 Å². The van der Waals surface area contributed by atoms with Crippen LogP contribution in [-0.2, 0) is 16.0 Å². The molecule has 0 radical (unpaired) electrons. The van der Waals surface area contributed by atoms with Crippen LogP contribution < -0.4 is 4.74 Å². The lowest BCUT2D eigenvalue weighted by Crippen LogP contribution is -2.32. The van der Waals surface area contributed by atoms with Crippen molar-refractivity contribution < 1.29 is 24.2 Å². The Morgan fingerprint density at radius 2 is 1.70 bits per heavy atom. The van der Waals surface area contributed by atoms with E-state index in [-0.39, 0.29) is 11.7 Å². The molecule has 0 amide bonds. The van der Waals surface area contributed by atoms with Gasteiger partial charge in [-0.3, -0.25) is 4.79 Å². The van der Waals surface area contributed by atoms with Gasteiger partial charge in [-0.2, -0.15) is 0 Å². The number of rotatable bonds is 5. The molecular formula is C17H23IO5. The number of esters is 1. The molecule has 2 N–H and O–H groups in total. The topological polar surface area (TPSA) is 79.9 Å². The lowest BCUT2D eigenvalue weighted by molar-refractivity contribution is -0.136. The molecule has 0 saturated heterocycles. The average Bonchev–Trinajstić information content (AvgIpc) is 2.94. The first-order valence-corrected chi connectivity index (χ1v) is 8.62. The van der Waals surface area contributed by atoms with E-state index in [4.69, 9.17) is 9.15 Å². The van der Waals surface area contributed by atoms with Crippen molar-refractivity contribution in [1.29, 1.82) is 0 Å². The zero-order valence-electron chi connectivity index (χ0n) is 14.3. The Balaban J connectivity index is 2.54. The summed E-state index contributed by atoms with van der Waals surface area (Å²) in [5.74, 6) is -0.0810. The molecule has 6 heteroatoms. The molecule has 5 nitrogen and oxygen atoms in total. The number of alkyl halides is 1. The number of carbonyl (C=O) groups is 1. The third-order valence-corrected chi connectivity index (χ3v) is 5.14. The first-order chi connectivity index (χ1) is 10.3. The molecule has 0 fully saturated rings. The van der Waals surface area contributed by atoms with E-state index in [2.05, 4.69) is 22.6 Å². The number of carbonyl (C=O) groups excluding carboxylic acids is 1. The highest BCUT2D eigenvalue weighted by Gasteiger charge is 2.39. The second-order valence-corrected chi connectivity index (χ2v) is 9.49. The molecule has 0 aliphatic heterocycles. The van der Waals surface area contributed by atoms with Crippen LogP contribution in [0, 0.1) is 0 Å². The standard InChI is InChI=1S/C17H23IO5/c1-7-17(6,18)14(19)23-10-8-9-11(15(2,3)20)12(13(10)22-9)16(4,5)21/h8,20-21H,7H2,1-6H3. The molecular weight excluding hydrogens is 411 g/mol. The van der Waals surface area contributed by atoms with Crippen molar-refractivity contribution >= 4 is 39.7 Å². The molecule has 2 rings (SSSR count). The van der Waals surface area contributed by atoms with Crippen LogP contribution in [0.2, 0.25) is 0 Å². The summed E-state index contributed by atoms with van der Waals surface area (Å²) in [5, 5.41) is 20.9. The Morgan fingerprint density at radius 3 is 2.13 bits per heavy atom. The molecule has 128 valence electrons. The van der Waals surface area contributed by atoms with Gasteiger partial charge in [-0.05, 0) is 41.0 Å². The molecule has 2 bridgehead atoms. The monoisotopic (exact) mass is 434 g/mol. The van der Waals surface area contributed by atoms with Crippen molar-refractivity contribution in [3.63, 3.8) is 0 Å². The first-order valence-electron chi connectivity index (χ1n) is 7.54. The molecule has 1 unspecified atom stereocenters. The van der Waals surface area contributed by atoms with E-state index >= 15 is 0 Å². The zero-order chi connectivity index (χ0) is 17.8. The summed E-state index contributed by atoms with van der Waals surface area (Å²) in [6, 6.07) is 1.60. The van der Waals surface area contributed by atoms with Crippen molar-refractivity contribution in [2.45, 2.75) is 62.6 Å². The van der Waals surface area contributed by atoms with Gasteiger partial charge in [0.25, 0.3) is 0 Å². The van der Waals surface area contributed by atoms with Crippen LogP contribution in [-0.4, -0.2) is 19.6 Å². The average molecular weight is 434 g/mol. The van der Waals surface area contributed by atoms with E-state index in [0.29, 0.717) is 28.7 Å². The number of furan rings is 2. The molecule has 2 aromatic heterocycles. The Kier molecular flexibility index (Phi) is 4.50. The van der Waals surface area contributed by atoms with Gasteiger partial charge in [-0.15, -0.1) is 0 Å². The van der Waals surface area contributed by atoms with Gasteiger partial charge in [0.05, 0.1) is 11.2 Å². The van der Waals surface area contributed by atoms with Crippen LogP contribution in [0.15, 0.2) is 10.5 Å². The predicted molar refractivity (Wildman–Crippen MR) is 96.2 cm³/mol. The molecule has 2 aromatic rings. The van der Waals surface area contributed by atoms with Crippen LogP contribution in [0.3, 0.4) is 0 Å². The van der Waals surface area contributed by atoms with Gasteiger partial charge < -0.3 is 19.4 Å². The summed E-state index contributed by atoms with van der Waals surface area (Å²) in [6.45, 7) is 10.2. The van der Waals surface area contributed by atoms with Gasteiger partial charge in [-0.1, -0.05) is 29.5 Å². The molecule has 23 heavy (non-hydrogen) atoms. The van der Waals surface area contributed by atoms with E-state index < -0.39 is 14.6 Å². The summed E-state index contributed by atoms with van der Waals surface area (Å²) in [4.78, 5) is 12.3. The lowest BCUT2D eigenvalue weighted by atomic mass is 9.85. The minimum absolute atomic E-state index is 0.284. The summed E-state index contributed by atoms with van der Waals surface area (Å²) in [6.07, 6.45) is 0.634. The number of benzene rings is 1. The Bertz CT molecular complexity index is 715. The number of hydrogen-bond acceptors (Lipinski definition) is 5. The maximum atomic E-state index is 12.3. The summed E-state index contributed by atoms with van der Waals surface area (Å²) in [5.41, 5.74) is -0.721. The molecule has 0 spiro atoms. The second kappa shape index (κ2) is 5.60. The molecule has 0 aromatic carbocycles. The van der Waals surface area contributed by atoms with Crippen LogP contribution in [0.5, 0.6) is 5.75 Å². The van der Waals surface area contributed by atoms with Gasteiger partial charge in [0.15, 0.2) is 11.3 Å². The minimum atomic E-state index is -1.24. The van der Waals surface area contributed by atoms with Crippen LogP contribution in [0.25, 0.3) is 11.2 Å². The van der Waals surface area contributed by atoms with E-state index in [0.717, 1.165) is 0 Å². The van der Waals surface area contributed by atoms with Gasteiger partial charge in [-0.25, -0.2) is 0 Å². The third-order valence-electron chi connectivity index (χ3n) is 3.94. The number of ether oxygens (including phenoxy) is 1. The van der Waals surface area contributed by atoms with Gasteiger partial charge in [0, 0.05) is 17.2 Å². The van der Waals surface area contributed by atoms with Crippen LogP contribution >= 0.6 is 22.6 Å². The number of hydrogen-bond donors (Lipinski definition) is 2. The molecule has 0 aliphatic rings. The lowest BCUT2D eigenvalue weighted by Gasteiger charge is -2.26. The van der Waals surface area contributed by atoms with Gasteiger partial charge >= 0.3 is 5.97 Å². The first kappa shape index (κ1) is 18.5. The van der Waals surface area contributed by atoms with Gasteiger partial charge in [0.2, 0.25) is 0 Å². The molecule has 0 saturated carbocycles. The smallest absolute Gasteiger partial charge is 0.327 e. The Morgan fingerprint density at radius 1 is 1.17 bits per heavy atom. The highest BCUT2D eigenvalue weighted by atomic mass is 127. The fraction of sp³-hybridized carbons (Fsp3) is 0.588. The zero-order valence-corrected chi connectivity index (χ0v) is 16.4. The molecule has 2 heterocycles. The van der Waals surface area contributed by atoms with E-state index in [1.165, 1.54) is 0 Å². The van der Waals surface area contributed by atoms with Crippen LogP contribution in [0.4, 0.5) is 0 Å². The fourth-order valence-corrected chi connectivity index (χ4v) is 2.64. The second-order valence-electron chi connectivity index (χ2n) is 7.11. The van der Waals surface area contributed by atoms with E-state index in [1.807, 2.05) is 6.92 Å². The van der Waals surface area contributed by atoms with Gasteiger partial charge in [0.1, 0.15) is 9.00 Å². The largest absolute Gasteiger partial charge is 0.452 e. The van der Waals surface area contributed by atoms with Crippen molar-refractivity contribution in [1.82, 2.24) is 0 Å². The molecule has 0 aliphatic carbocycles. The highest BCUT2D eigenvalue weighted by molar-refractivity contribution is 14.1. The third kappa shape index (κ3) is 3.34. The quantitative estimate of drug-likeness (QED) is 0.324. The summed E-state index contributed by atoms with van der Waals surface area (Å²) < 4.78 is 10.5. The number of aliphatic hydroxyl groups is 2. The van der Waals surface area contributed by atoms with Crippen molar-refractivity contribution in [2.24, 2.45) is 0 Å². The Labute approximate surface area is 149 Å². The molecule has 1 atom stereocenters. The maximum absolute atomic E-state index is 12.3. The summed E-state index contributed by atoms with van der Waals surface area (Å²) in [7, 11) is 0. The fourth-order valence-electron chi connectivity index (χ4n) is 2.53. The van der Waals surface area contributed by atoms with Crippen LogP contribution in [0.1, 0.15) is 59.1 Å². The summed E-state index contributed by atoms with van der Waals surface area (Å²) >= 11 is 2.06. The van der Waals surface area contributed by atoms with E-state index in [9.17, 15) is 15.0 Å². The normalized spacial score (nSPS) is 15.9. The Hall–Kier alpha value is -0.860. The minimum Gasteiger partial charge on any atom is -0.452 e. The highest BCUT2D eigenvalue weighted by Crippen LogP contribution is 2.46. The number of fused-ring (bicyclic) bond motifs is 2. The SMILES string of the molecule is CCC(C)(I)C(=O)Oc1cc2oc1c(C(C)(C)O)c2C(C)(C)O. The predicted octanol–water partition coefficient (Wildman–Crippen LogP) is 3.83. The maximum Gasteiger partial charge on any atom is 0.327 e.